The van der Waals surface area contributed by atoms with E-state index in [2.05, 4.69) is 4.98 Å². The number of aromatic nitrogens is 2. The Bertz CT molecular complexity index is 564. The van der Waals surface area contributed by atoms with Gasteiger partial charge in [-0.2, -0.15) is 0 Å². The molecular formula is C13H16N2O2. The van der Waals surface area contributed by atoms with Gasteiger partial charge in [0.1, 0.15) is 5.65 Å². The summed E-state index contributed by atoms with van der Waals surface area (Å²) in [6.45, 7) is 0.878. The van der Waals surface area contributed by atoms with Crippen LogP contribution in [0, 0.1) is 0 Å². The number of fused-ring (bicyclic) bond motifs is 1. The number of pyridine rings is 1. The number of H-pyrrole nitrogens is 1. The number of hydrogen-bond acceptors (Lipinski definition) is 2. The molecule has 3 rings (SSSR count). The molecule has 1 aliphatic heterocycles. The van der Waals surface area contributed by atoms with Crippen molar-refractivity contribution in [3.63, 3.8) is 0 Å². The van der Waals surface area contributed by atoms with Crippen molar-refractivity contribution in [2.24, 2.45) is 0 Å². The minimum atomic E-state index is 0.0346. The Morgan fingerprint density at radius 2 is 2.41 bits per heavy atom. The fourth-order valence-corrected chi connectivity index (χ4v) is 2.39. The van der Waals surface area contributed by atoms with Gasteiger partial charge in [-0.3, -0.25) is 4.79 Å². The molecule has 1 N–H and O–H groups in total. The molecule has 0 amide bonds. The average molecular weight is 232 g/mol. The minimum Gasteiger partial charge on any atom is -0.378 e. The van der Waals surface area contributed by atoms with E-state index in [0.29, 0.717) is 6.10 Å². The third kappa shape index (κ3) is 2.26. The normalized spacial score (nSPS) is 20.8. The van der Waals surface area contributed by atoms with Crippen LogP contribution >= 0.6 is 0 Å². The van der Waals surface area contributed by atoms with Crippen molar-refractivity contribution in [1.82, 2.24) is 9.38 Å². The second kappa shape index (κ2) is 4.37. The van der Waals surface area contributed by atoms with Gasteiger partial charge < -0.3 is 14.1 Å². The summed E-state index contributed by atoms with van der Waals surface area (Å²) in [5.74, 6) is 0. The molecule has 2 aromatic rings. The van der Waals surface area contributed by atoms with E-state index in [-0.39, 0.29) is 5.43 Å². The summed E-state index contributed by atoms with van der Waals surface area (Å²) in [4.78, 5) is 14.5. The maximum absolute atomic E-state index is 11.2. The molecule has 0 aromatic carbocycles. The second-order valence-corrected chi connectivity index (χ2v) is 4.63. The van der Waals surface area contributed by atoms with Crippen molar-refractivity contribution in [2.45, 2.75) is 31.8 Å². The highest BCUT2D eigenvalue weighted by atomic mass is 16.5. The standard InChI is InChI=1S/C13H16N2O2/c16-11-4-5-15-9-10(14-13(15)8-11)7-12-3-1-2-6-17-12/h4-5,8-9,12,14H,1-3,6-7H2. The Hall–Kier alpha value is -1.55. The van der Waals surface area contributed by atoms with Crippen LogP contribution in [0.15, 0.2) is 29.3 Å². The summed E-state index contributed by atoms with van der Waals surface area (Å²) >= 11 is 0. The highest BCUT2D eigenvalue weighted by Crippen LogP contribution is 2.17. The second-order valence-electron chi connectivity index (χ2n) is 4.63. The average Bonchev–Trinajstić information content (AvgIpc) is 2.71. The van der Waals surface area contributed by atoms with Crippen LogP contribution in [-0.2, 0) is 11.2 Å². The van der Waals surface area contributed by atoms with Gasteiger partial charge in [0, 0.05) is 43.2 Å². The van der Waals surface area contributed by atoms with Gasteiger partial charge >= 0.3 is 0 Å². The van der Waals surface area contributed by atoms with Gasteiger partial charge in [-0.05, 0) is 19.3 Å². The van der Waals surface area contributed by atoms with Crippen LogP contribution in [0.4, 0.5) is 0 Å². The van der Waals surface area contributed by atoms with Gasteiger partial charge in [0.2, 0.25) is 0 Å². The zero-order valence-electron chi connectivity index (χ0n) is 9.69. The maximum atomic E-state index is 11.2. The van der Waals surface area contributed by atoms with Crippen LogP contribution in [0.3, 0.4) is 0 Å². The van der Waals surface area contributed by atoms with Crippen LogP contribution in [0.25, 0.3) is 5.65 Å². The molecule has 2 aromatic heterocycles. The first-order valence-corrected chi connectivity index (χ1v) is 6.13. The zero-order chi connectivity index (χ0) is 11.7. The molecule has 17 heavy (non-hydrogen) atoms. The van der Waals surface area contributed by atoms with E-state index in [1.807, 2.05) is 10.6 Å². The molecule has 4 nitrogen and oxygen atoms in total. The van der Waals surface area contributed by atoms with E-state index in [1.165, 1.54) is 12.8 Å². The Morgan fingerprint density at radius 1 is 1.47 bits per heavy atom. The number of ether oxygens (including phenoxy) is 1. The summed E-state index contributed by atoms with van der Waals surface area (Å²) in [6, 6.07) is 3.19. The third-order valence-electron chi connectivity index (χ3n) is 3.26. The smallest absolute Gasteiger partial charge is 0.183 e. The molecule has 0 aliphatic carbocycles. The van der Waals surface area contributed by atoms with Gasteiger partial charge in [-0.15, -0.1) is 0 Å². The third-order valence-corrected chi connectivity index (χ3v) is 3.26. The van der Waals surface area contributed by atoms with E-state index >= 15 is 0 Å². The van der Waals surface area contributed by atoms with Gasteiger partial charge in [-0.25, -0.2) is 0 Å². The number of rotatable bonds is 2. The molecule has 4 heteroatoms. The first kappa shape index (κ1) is 10.6. The summed E-state index contributed by atoms with van der Waals surface area (Å²) in [5, 5.41) is 0. The van der Waals surface area contributed by atoms with Crippen molar-refractivity contribution in [3.05, 3.63) is 40.4 Å². The summed E-state index contributed by atoms with van der Waals surface area (Å²) < 4.78 is 7.65. The fourth-order valence-electron chi connectivity index (χ4n) is 2.39. The molecule has 1 fully saturated rings. The van der Waals surface area contributed by atoms with E-state index in [1.54, 1.807) is 18.3 Å². The predicted molar refractivity (Wildman–Crippen MR) is 65.3 cm³/mol. The summed E-state index contributed by atoms with van der Waals surface area (Å²) in [7, 11) is 0. The first-order chi connectivity index (χ1) is 8.31. The Labute approximate surface area is 99.2 Å². The van der Waals surface area contributed by atoms with Crippen LogP contribution < -0.4 is 5.43 Å². The molecule has 90 valence electrons. The lowest BCUT2D eigenvalue weighted by molar-refractivity contribution is 0.0163. The molecule has 1 unspecified atom stereocenters. The lowest BCUT2D eigenvalue weighted by Gasteiger charge is -2.21. The van der Waals surface area contributed by atoms with Crippen LogP contribution in [0.2, 0.25) is 0 Å². The number of imidazole rings is 1. The van der Waals surface area contributed by atoms with Gasteiger partial charge in [0.15, 0.2) is 5.43 Å². The lowest BCUT2D eigenvalue weighted by Crippen LogP contribution is -2.21. The number of aromatic amines is 1. The van der Waals surface area contributed by atoms with Crippen LogP contribution in [-0.4, -0.2) is 22.1 Å². The van der Waals surface area contributed by atoms with Crippen LogP contribution in [0.1, 0.15) is 25.0 Å². The predicted octanol–water partition coefficient (Wildman–Crippen LogP) is 1.74. The van der Waals surface area contributed by atoms with Crippen LogP contribution in [0.5, 0.6) is 0 Å². The topological polar surface area (TPSA) is 46.5 Å². The quantitative estimate of drug-likeness (QED) is 0.857. The van der Waals surface area contributed by atoms with E-state index in [9.17, 15) is 4.79 Å². The largest absolute Gasteiger partial charge is 0.378 e. The highest BCUT2D eigenvalue weighted by Gasteiger charge is 2.15. The highest BCUT2D eigenvalue weighted by molar-refractivity contribution is 5.39. The Kier molecular flexibility index (Phi) is 2.73. The molecule has 0 bridgehead atoms. The van der Waals surface area contributed by atoms with E-state index in [4.69, 9.17) is 4.74 Å². The van der Waals surface area contributed by atoms with E-state index < -0.39 is 0 Å². The molecule has 0 spiro atoms. The van der Waals surface area contributed by atoms with E-state index in [0.717, 1.165) is 30.8 Å². The monoisotopic (exact) mass is 232 g/mol. The molecule has 1 saturated heterocycles. The summed E-state index contributed by atoms with van der Waals surface area (Å²) in [5.41, 5.74) is 2.01. The number of nitrogens with zero attached hydrogens (tertiary/aromatic N) is 1. The first-order valence-electron chi connectivity index (χ1n) is 6.13. The lowest BCUT2D eigenvalue weighted by atomic mass is 10.1. The van der Waals surface area contributed by atoms with Crippen molar-refractivity contribution in [2.75, 3.05) is 6.61 Å². The van der Waals surface area contributed by atoms with Crippen molar-refractivity contribution in [3.8, 4) is 0 Å². The maximum Gasteiger partial charge on any atom is 0.183 e. The van der Waals surface area contributed by atoms with Crippen molar-refractivity contribution >= 4 is 5.65 Å². The molecular weight excluding hydrogens is 216 g/mol. The zero-order valence-corrected chi connectivity index (χ0v) is 9.69. The molecule has 0 saturated carbocycles. The molecule has 1 atom stereocenters. The van der Waals surface area contributed by atoms with Gasteiger partial charge in [-0.1, -0.05) is 0 Å². The molecule has 1 aliphatic rings. The van der Waals surface area contributed by atoms with Gasteiger partial charge in [0.25, 0.3) is 0 Å². The number of hydrogen-bond donors (Lipinski definition) is 1. The van der Waals surface area contributed by atoms with Gasteiger partial charge in [0.05, 0.1) is 6.10 Å². The molecule has 3 heterocycles. The minimum absolute atomic E-state index is 0.0346. The Balaban J connectivity index is 1.82. The fraction of sp³-hybridized carbons (Fsp3) is 0.462. The Morgan fingerprint density at radius 3 is 3.24 bits per heavy atom. The number of nitrogens with one attached hydrogen (secondary N) is 1. The van der Waals surface area contributed by atoms with Crippen molar-refractivity contribution in [1.29, 1.82) is 0 Å². The summed E-state index contributed by atoms with van der Waals surface area (Å²) in [6.07, 6.45) is 8.61. The molecule has 0 radical (unpaired) electrons. The van der Waals surface area contributed by atoms with Crippen molar-refractivity contribution < 1.29 is 4.74 Å². The SMILES string of the molecule is O=c1ccn2cc(CC3CCCCO3)[nH]c2c1.